The molecule has 2 N–H and O–H groups in total. The van der Waals surface area contributed by atoms with Crippen molar-refractivity contribution in [3.63, 3.8) is 0 Å². The summed E-state index contributed by atoms with van der Waals surface area (Å²) in [5.41, 5.74) is 10.3. The van der Waals surface area contributed by atoms with Gasteiger partial charge in [0, 0.05) is 17.7 Å². The van der Waals surface area contributed by atoms with Crippen LogP contribution in [-0.4, -0.2) is 0 Å². The van der Waals surface area contributed by atoms with E-state index in [0.717, 1.165) is 22.3 Å². The molecule has 0 fully saturated rings. The molecule has 1 nitrogen and oxygen atoms in total. The molecule has 1 unspecified atom stereocenters. The standard InChI is InChI=1S/C17H18F3N/c1-8-5-9(2)11(4)15(10(8)3)17(21)16-13(19)6-12(18)7-14(16)20/h5-7,17H,21H2,1-4H3. The molecule has 0 saturated carbocycles. The van der Waals surface area contributed by atoms with Gasteiger partial charge < -0.3 is 5.73 Å². The van der Waals surface area contributed by atoms with Gasteiger partial charge in [-0.1, -0.05) is 6.07 Å². The fourth-order valence-electron chi connectivity index (χ4n) is 2.71. The smallest absolute Gasteiger partial charge is 0.134 e. The van der Waals surface area contributed by atoms with Crippen molar-refractivity contribution in [3.05, 3.63) is 69.0 Å². The van der Waals surface area contributed by atoms with Gasteiger partial charge in [-0.3, -0.25) is 0 Å². The Kier molecular flexibility index (Phi) is 4.10. The summed E-state index contributed by atoms with van der Waals surface area (Å²) in [6.07, 6.45) is 0. The van der Waals surface area contributed by atoms with E-state index in [-0.39, 0.29) is 5.56 Å². The molecule has 2 aromatic carbocycles. The van der Waals surface area contributed by atoms with E-state index in [4.69, 9.17) is 5.73 Å². The van der Waals surface area contributed by atoms with Crippen LogP contribution >= 0.6 is 0 Å². The summed E-state index contributed by atoms with van der Waals surface area (Å²) >= 11 is 0. The average Bonchev–Trinajstić information content (AvgIpc) is 2.35. The van der Waals surface area contributed by atoms with E-state index >= 15 is 0 Å². The maximum atomic E-state index is 14.0. The molecule has 21 heavy (non-hydrogen) atoms. The Morgan fingerprint density at radius 2 is 1.19 bits per heavy atom. The summed E-state index contributed by atoms with van der Waals surface area (Å²) in [4.78, 5) is 0. The molecule has 0 aliphatic heterocycles. The van der Waals surface area contributed by atoms with E-state index < -0.39 is 23.5 Å². The third-order valence-electron chi connectivity index (χ3n) is 4.09. The Bertz CT molecular complexity index is 658. The molecule has 0 aliphatic carbocycles. The molecule has 2 rings (SSSR count). The molecular weight excluding hydrogens is 275 g/mol. The second-order valence-corrected chi connectivity index (χ2v) is 5.43. The van der Waals surface area contributed by atoms with Crippen molar-refractivity contribution < 1.29 is 13.2 Å². The fraction of sp³-hybridized carbons (Fsp3) is 0.294. The lowest BCUT2D eigenvalue weighted by Gasteiger charge is -2.22. The minimum atomic E-state index is -0.968. The first kappa shape index (κ1) is 15.6. The molecule has 4 heteroatoms. The van der Waals surface area contributed by atoms with Gasteiger partial charge in [0.2, 0.25) is 0 Å². The van der Waals surface area contributed by atoms with Gasteiger partial charge in [0.25, 0.3) is 0 Å². The minimum Gasteiger partial charge on any atom is -0.320 e. The quantitative estimate of drug-likeness (QED) is 0.873. The minimum absolute atomic E-state index is 0.299. The highest BCUT2D eigenvalue weighted by Crippen LogP contribution is 2.32. The number of hydrogen-bond acceptors (Lipinski definition) is 1. The lowest BCUT2D eigenvalue weighted by molar-refractivity contribution is 0.514. The number of halogens is 3. The van der Waals surface area contributed by atoms with E-state index in [0.29, 0.717) is 17.7 Å². The SMILES string of the molecule is Cc1cc(C)c(C)c(C(N)c2c(F)cc(F)cc2F)c1C. The molecule has 1 atom stereocenters. The molecule has 0 spiro atoms. The number of hydrogen-bond donors (Lipinski definition) is 1. The van der Waals surface area contributed by atoms with Crippen molar-refractivity contribution >= 4 is 0 Å². The number of rotatable bonds is 2. The summed E-state index contributed by atoms with van der Waals surface area (Å²) in [6.45, 7) is 7.59. The number of benzene rings is 2. The van der Waals surface area contributed by atoms with Crippen molar-refractivity contribution in [2.45, 2.75) is 33.7 Å². The summed E-state index contributed by atoms with van der Waals surface area (Å²) in [7, 11) is 0. The Labute approximate surface area is 122 Å². The number of aryl methyl sites for hydroxylation is 2. The van der Waals surface area contributed by atoms with Gasteiger partial charge in [-0.05, 0) is 55.5 Å². The van der Waals surface area contributed by atoms with Gasteiger partial charge in [-0.2, -0.15) is 0 Å². The Balaban J connectivity index is 2.69. The van der Waals surface area contributed by atoms with Gasteiger partial charge in [-0.25, -0.2) is 13.2 Å². The first-order valence-electron chi connectivity index (χ1n) is 6.71. The molecule has 0 saturated heterocycles. The van der Waals surface area contributed by atoms with Crippen molar-refractivity contribution in [1.29, 1.82) is 0 Å². The molecule has 0 radical (unpaired) electrons. The molecule has 0 bridgehead atoms. The summed E-state index contributed by atoms with van der Waals surface area (Å²) in [5, 5.41) is 0. The first-order valence-corrected chi connectivity index (χ1v) is 6.71. The third kappa shape index (κ3) is 2.68. The van der Waals surface area contributed by atoms with Crippen molar-refractivity contribution in [2.24, 2.45) is 5.73 Å². The van der Waals surface area contributed by atoms with Gasteiger partial charge in [0.15, 0.2) is 0 Å². The van der Waals surface area contributed by atoms with E-state index in [1.807, 2.05) is 33.8 Å². The van der Waals surface area contributed by atoms with Crippen molar-refractivity contribution in [3.8, 4) is 0 Å². The Morgan fingerprint density at radius 1 is 0.762 bits per heavy atom. The molecule has 112 valence electrons. The van der Waals surface area contributed by atoms with Crippen LogP contribution in [-0.2, 0) is 0 Å². The molecule has 0 aromatic heterocycles. The van der Waals surface area contributed by atoms with Crippen LogP contribution in [0.1, 0.15) is 39.4 Å². The lowest BCUT2D eigenvalue weighted by Crippen LogP contribution is -2.19. The maximum absolute atomic E-state index is 14.0. The first-order chi connectivity index (χ1) is 9.73. The van der Waals surface area contributed by atoms with Gasteiger partial charge >= 0.3 is 0 Å². The summed E-state index contributed by atoms with van der Waals surface area (Å²) < 4.78 is 40.9. The zero-order valence-electron chi connectivity index (χ0n) is 12.5. The predicted octanol–water partition coefficient (Wildman–Crippen LogP) is 4.39. The van der Waals surface area contributed by atoms with Crippen LogP contribution in [0, 0.1) is 45.1 Å². The largest absolute Gasteiger partial charge is 0.320 e. The van der Waals surface area contributed by atoms with E-state index in [9.17, 15) is 13.2 Å². The normalized spacial score (nSPS) is 12.6. The second-order valence-electron chi connectivity index (χ2n) is 5.43. The zero-order chi connectivity index (χ0) is 15.9. The predicted molar refractivity (Wildman–Crippen MR) is 77.7 cm³/mol. The third-order valence-corrected chi connectivity index (χ3v) is 4.09. The molecule has 0 heterocycles. The molecule has 2 aromatic rings. The Morgan fingerprint density at radius 3 is 1.62 bits per heavy atom. The average molecular weight is 293 g/mol. The number of nitrogens with two attached hydrogens (primary N) is 1. The van der Waals surface area contributed by atoms with Crippen LogP contribution in [0.5, 0.6) is 0 Å². The molecule has 0 aliphatic rings. The Hall–Kier alpha value is -1.81. The van der Waals surface area contributed by atoms with Crippen LogP contribution in [0.4, 0.5) is 13.2 Å². The molecular formula is C17H18F3N. The van der Waals surface area contributed by atoms with Crippen LogP contribution < -0.4 is 5.73 Å². The van der Waals surface area contributed by atoms with E-state index in [1.165, 1.54) is 0 Å². The highest BCUT2D eigenvalue weighted by molar-refractivity contribution is 5.49. The summed E-state index contributed by atoms with van der Waals surface area (Å²) in [5.74, 6) is -2.87. The summed E-state index contributed by atoms with van der Waals surface area (Å²) in [6, 6.07) is 2.36. The van der Waals surface area contributed by atoms with Crippen LogP contribution in [0.2, 0.25) is 0 Å². The molecule has 0 amide bonds. The van der Waals surface area contributed by atoms with Gasteiger partial charge in [0.05, 0.1) is 6.04 Å². The second kappa shape index (κ2) is 5.53. The lowest BCUT2D eigenvalue weighted by atomic mass is 9.87. The zero-order valence-corrected chi connectivity index (χ0v) is 12.5. The van der Waals surface area contributed by atoms with Crippen LogP contribution in [0.25, 0.3) is 0 Å². The van der Waals surface area contributed by atoms with E-state index in [2.05, 4.69) is 0 Å². The fourth-order valence-corrected chi connectivity index (χ4v) is 2.71. The van der Waals surface area contributed by atoms with Crippen molar-refractivity contribution in [2.75, 3.05) is 0 Å². The topological polar surface area (TPSA) is 26.0 Å². The van der Waals surface area contributed by atoms with Crippen LogP contribution in [0.3, 0.4) is 0 Å². The van der Waals surface area contributed by atoms with Crippen molar-refractivity contribution in [1.82, 2.24) is 0 Å². The maximum Gasteiger partial charge on any atom is 0.134 e. The highest BCUT2D eigenvalue weighted by Gasteiger charge is 2.23. The van der Waals surface area contributed by atoms with E-state index in [1.54, 1.807) is 0 Å². The highest BCUT2D eigenvalue weighted by atomic mass is 19.1. The van der Waals surface area contributed by atoms with Crippen LogP contribution in [0.15, 0.2) is 18.2 Å². The monoisotopic (exact) mass is 293 g/mol. The van der Waals surface area contributed by atoms with Gasteiger partial charge in [0.1, 0.15) is 17.5 Å². The van der Waals surface area contributed by atoms with Gasteiger partial charge in [-0.15, -0.1) is 0 Å².